The lowest BCUT2D eigenvalue weighted by Crippen LogP contribution is -2.15. The van der Waals surface area contributed by atoms with Crippen LogP contribution in [-0.2, 0) is 0 Å². The number of hydrogen-bond acceptors (Lipinski definition) is 5. The van der Waals surface area contributed by atoms with E-state index in [1.54, 1.807) is 0 Å². The fraction of sp³-hybridized carbons (Fsp3) is 0. The molecule has 0 saturated carbocycles. The van der Waals surface area contributed by atoms with Crippen molar-refractivity contribution in [3.8, 4) is 0 Å². The van der Waals surface area contributed by atoms with Gasteiger partial charge in [0.2, 0.25) is 5.95 Å². The quantitative estimate of drug-likeness (QED) is 0.842. The summed E-state index contributed by atoms with van der Waals surface area (Å²) in [5, 5.41) is 9.98. The van der Waals surface area contributed by atoms with Crippen molar-refractivity contribution in [1.29, 1.82) is 0 Å². The SMILES string of the molecule is O=C(Nc1nccnn1)c1cc(Cl)ncc1Cl. The molecule has 2 aromatic rings. The Hall–Kier alpha value is -1.79. The van der Waals surface area contributed by atoms with Crippen LogP contribution in [0.3, 0.4) is 0 Å². The molecule has 8 heteroatoms. The molecule has 0 unspecified atom stereocenters. The maximum Gasteiger partial charge on any atom is 0.259 e. The number of nitrogens with one attached hydrogen (secondary N) is 1. The molecule has 6 nitrogen and oxygen atoms in total. The summed E-state index contributed by atoms with van der Waals surface area (Å²) in [6.45, 7) is 0. The first kappa shape index (κ1) is 11.7. The zero-order chi connectivity index (χ0) is 12.3. The van der Waals surface area contributed by atoms with Gasteiger partial charge < -0.3 is 0 Å². The van der Waals surface area contributed by atoms with Gasteiger partial charge in [0.15, 0.2) is 0 Å². The van der Waals surface area contributed by atoms with Crippen LogP contribution in [0.15, 0.2) is 24.7 Å². The van der Waals surface area contributed by atoms with Gasteiger partial charge in [-0.05, 0) is 6.07 Å². The van der Waals surface area contributed by atoms with Gasteiger partial charge in [-0.1, -0.05) is 23.2 Å². The average molecular weight is 270 g/mol. The molecule has 0 aliphatic carbocycles. The van der Waals surface area contributed by atoms with Crippen molar-refractivity contribution in [2.24, 2.45) is 0 Å². The molecule has 86 valence electrons. The average Bonchev–Trinajstić information content (AvgIpc) is 2.33. The summed E-state index contributed by atoms with van der Waals surface area (Å²) in [5.74, 6) is -0.395. The number of pyridine rings is 1. The number of nitrogens with zero attached hydrogens (tertiary/aromatic N) is 4. The second kappa shape index (κ2) is 5.03. The molecular weight excluding hydrogens is 265 g/mol. The van der Waals surface area contributed by atoms with Crippen molar-refractivity contribution in [3.63, 3.8) is 0 Å². The van der Waals surface area contributed by atoms with Gasteiger partial charge in [0.05, 0.1) is 23.0 Å². The highest BCUT2D eigenvalue weighted by atomic mass is 35.5. The molecule has 0 bridgehead atoms. The van der Waals surface area contributed by atoms with E-state index in [9.17, 15) is 4.79 Å². The van der Waals surface area contributed by atoms with E-state index in [4.69, 9.17) is 23.2 Å². The number of hydrogen-bond donors (Lipinski definition) is 1. The number of rotatable bonds is 2. The number of carbonyl (C=O) groups excluding carboxylic acids is 1. The van der Waals surface area contributed by atoms with E-state index in [1.165, 1.54) is 24.7 Å². The van der Waals surface area contributed by atoms with E-state index in [0.717, 1.165) is 0 Å². The number of carbonyl (C=O) groups is 1. The third kappa shape index (κ3) is 2.86. The number of amides is 1. The Kier molecular flexibility index (Phi) is 3.46. The lowest BCUT2D eigenvalue weighted by Gasteiger charge is -2.04. The van der Waals surface area contributed by atoms with Crippen LogP contribution >= 0.6 is 23.2 Å². The summed E-state index contributed by atoms with van der Waals surface area (Å²) in [6, 6.07) is 1.36. The van der Waals surface area contributed by atoms with Crippen LogP contribution in [0.4, 0.5) is 5.95 Å². The van der Waals surface area contributed by atoms with Crippen LogP contribution < -0.4 is 5.32 Å². The lowest BCUT2D eigenvalue weighted by molar-refractivity contribution is 0.102. The Morgan fingerprint density at radius 3 is 2.76 bits per heavy atom. The molecule has 2 heterocycles. The summed E-state index contributed by atoms with van der Waals surface area (Å²) in [4.78, 5) is 19.3. The minimum atomic E-state index is -0.479. The largest absolute Gasteiger partial charge is 0.289 e. The molecule has 2 aromatic heterocycles. The van der Waals surface area contributed by atoms with Gasteiger partial charge in [-0.15, -0.1) is 5.10 Å². The highest BCUT2D eigenvalue weighted by Crippen LogP contribution is 2.18. The minimum Gasteiger partial charge on any atom is -0.289 e. The summed E-state index contributed by atoms with van der Waals surface area (Å²) < 4.78 is 0. The molecule has 1 amide bonds. The van der Waals surface area contributed by atoms with Gasteiger partial charge in [-0.2, -0.15) is 5.10 Å². The highest BCUT2D eigenvalue weighted by molar-refractivity contribution is 6.35. The molecule has 0 aliphatic rings. The first-order valence-corrected chi connectivity index (χ1v) is 5.18. The molecule has 1 N–H and O–H groups in total. The Morgan fingerprint density at radius 2 is 2.06 bits per heavy atom. The summed E-state index contributed by atoms with van der Waals surface area (Å²) in [6.07, 6.45) is 4.10. The van der Waals surface area contributed by atoms with E-state index in [-0.39, 0.29) is 21.7 Å². The van der Waals surface area contributed by atoms with Gasteiger partial charge in [0, 0.05) is 6.20 Å². The van der Waals surface area contributed by atoms with Gasteiger partial charge >= 0.3 is 0 Å². The third-order valence-corrected chi connectivity index (χ3v) is 2.28. The molecule has 0 atom stereocenters. The van der Waals surface area contributed by atoms with Crippen molar-refractivity contribution in [2.75, 3.05) is 5.32 Å². The Morgan fingerprint density at radius 1 is 1.24 bits per heavy atom. The molecular formula is C9H5Cl2N5O. The van der Waals surface area contributed by atoms with E-state index >= 15 is 0 Å². The maximum atomic E-state index is 11.8. The Balaban J connectivity index is 2.23. The van der Waals surface area contributed by atoms with Gasteiger partial charge in [-0.3, -0.25) is 10.1 Å². The highest BCUT2D eigenvalue weighted by Gasteiger charge is 2.12. The Bertz CT molecular complexity index is 548. The van der Waals surface area contributed by atoms with Crippen LogP contribution in [0.2, 0.25) is 10.2 Å². The molecule has 0 aliphatic heterocycles. The fourth-order valence-corrected chi connectivity index (χ4v) is 1.41. The molecule has 0 fully saturated rings. The second-order valence-electron chi connectivity index (χ2n) is 2.91. The van der Waals surface area contributed by atoms with Crippen LogP contribution in [0.25, 0.3) is 0 Å². The second-order valence-corrected chi connectivity index (χ2v) is 3.70. The molecule has 2 rings (SSSR count). The lowest BCUT2D eigenvalue weighted by atomic mass is 10.2. The predicted octanol–water partition coefficient (Wildman–Crippen LogP) is 1.83. The molecule has 0 spiro atoms. The molecule has 17 heavy (non-hydrogen) atoms. The number of anilines is 1. The van der Waals surface area contributed by atoms with Crippen molar-refractivity contribution in [2.45, 2.75) is 0 Å². The van der Waals surface area contributed by atoms with E-state index in [2.05, 4.69) is 25.5 Å². The topological polar surface area (TPSA) is 80.7 Å². The maximum absolute atomic E-state index is 11.8. The van der Waals surface area contributed by atoms with Crippen molar-refractivity contribution < 1.29 is 4.79 Å². The third-order valence-electron chi connectivity index (χ3n) is 1.77. The van der Waals surface area contributed by atoms with Gasteiger partial charge in [-0.25, -0.2) is 9.97 Å². The first-order chi connectivity index (χ1) is 8.16. The zero-order valence-corrected chi connectivity index (χ0v) is 9.77. The van der Waals surface area contributed by atoms with Crippen LogP contribution in [0.1, 0.15) is 10.4 Å². The van der Waals surface area contributed by atoms with Crippen LogP contribution in [0.5, 0.6) is 0 Å². The van der Waals surface area contributed by atoms with Crippen molar-refractivity contribution >= 4 is 35.1 Å². The van der Waals surface area contributed by atoms with Crippen LogP contribution in [-0.4, -0.2) is 26.1 Å². The predicted molar refractivity (Wildman–Crippen MR) is 62.0 cm³/mol. The first-order valence-electron chi connectivity index (χ1n) is 4.43. The molecule has 0 radical (unpaired) electrons. The Labute approximate surface area is 106 Å². The van der Waals surface area contributed by atoms with Crippen molar-refractivity contribution in [3.05, 3.63) is 40.4 Å². The normalized spacial score (nSPS) is 10.0. The summed E-state index contributed by atoms with van der Waals surface area (Å²) in [5.41, 5.74) is 0.194. The van der Waals surface area contributed by atoms with Crippen LogP contribution in [0, 0.1) is 0 Å². The number of halogens is 2. The van der Waals surface area contributed by atoms with E-state index < -0.39 is 5.91 Å². The fourth-order valence-electron chi connectivity index (χ4n) is 1.06. The van der Waals surface area contributed by atoms with E-state index in [0.29, 0.717) is 0 Å². The summed E-state index contributed by atoms with van der Waals surface area (Å²) in [7, 11) is 0. The van der Waals surface area contributed by atoms with Crippen molar-refractivity contribution in [1.82, 2.24) is 20.2 Å². The standard InChI is InChI=1S/C9H5Cl2N5O/c10-6-4-13-7(11)3-5(6)8(17)15-9-12-1-2-14-16-9/h1-4H,(H,12,15,16,17). The van der Waals surface area contributed by atoms with Gasteiger partial charge in [0.25, 0.3) is 5.91 Å². The monoisotopic (exact) mass is 269 g/mol. The van der Waals surface area contributed by atoms with E-state index in [1.807, 2.05) is 0 Å². The molecule has 0 saturated heterocycles. The summed E-state index contributed by atoms with van der Waals surface area (Å²) >= 11 is 11.5. The zero-order valence-electron chi connectivity index (χ0n) is 8.26. The number of aromatic nitrogens is 4. The minimum absolute atomic E-state index is 0.0847. The smallest absolute Gasteiger partial charge is 0.259 e. The van der Waals surface area contributed by atoms with Gasteiger partial charge in [0.1, 0.15) is 5.15 Å². The molecule has 0 aromatic carbocycles.